The lowest BCUT2D eigenvalue weighted by Crippen LogP contribution is -2.28. The van der Waals surface area contributed by atoms with Crippen molar-refractivity contribution in [3.63, 3.8) is 0 Å². The molecule has 0 aliphatic carbocycles. The molecule has 3 aromatic carbocycles. The molecule has 0 fully saturated rings. The molecule has 0 heterocycles. The van der Waals surface area contributed by atoms with Gasteiger partial charge in [0.15, 0.2) is 0 Å². The first kappa shape index (κ1) is 22.2. The molecule has 1 N–H and O–H groups in total. The van der Waals surface area contributed by atoms with Gasteiger partial charge in [-0.25, -0.2) is 8.42 Å². The fourth-order valence-corrected chi connectivity index (χ4v) is 4.52. The van der Waals surface area contributed by atoms with Crippen LogP contribution in [0.2, 0.25) is 10.0 Å². The third-order valence-electron chi connectivity index (χ3n) is 4.55. The van der Waals surface area contributed by atoms with E-state index >= 15 is 0 Å². The van der Waals surface area contributed by atoms with E-state index in [0.29, 0.717) is 23.7 Å². The summed E-state index contributed by atoms with van der Waals surface area (Å²) in [6.45, 7) is 0.358. The highest BCUT2D eigenvalue weighted by Crippen LogP contribution is 2.25. The quantitative estimate of drug-likeness (QED) is 0.548. The molecular weight excluding hydrogens is 443 g/mol. The summed E-state index contributed by atoms with van der Waals surface area (Å²) in [5.74, 6) is -0.443. The van der Waals surface area contributed by atoms with Gasteiger partial charge in [-0.15, -0.1) is 0 Å². The van der Waals surface area contributed by atoms with Gasteiger partial charge in [-0.05, 0) is 54.4 Å². The molecule has 0 aliphatic rings. The van der Waals surface area contributed by atoms with Gasteiger partial charge in [-0.1, -0.05) is 53.5 Å². The average Bonchev–Trinajstić information content (AvgIpc) is 2.74. The van der Waals surface area contributed by atoms with Crippen LogP contribution in [0.5, 0.6) is 0 Å². The lowest BCUT2D eigenvalue weighted by molar-refractivity contribution is 0.0954. The van der Waals surface area contributed by atoms with Crippen LogP contribution in [0.4, 0.5) is 5.69 Å². The Morgan fingerprint density at radius 2 is 1.70 bits per heavy atom. The smallest absolute Gasteiger partial charge is 0.264 e. The average molecular weight is 463 g/mol. The van der Waals surface area contributed by atoms with E-state index in [-0.39, 0.29) is 15.5 Å². The molecule has 30 heavy (non-hydrogen) atoms. The first-order valence-electron chi connectivity index (χ1n) is 9.15. The fraction of sp³-hybridized carbons (Fsp3) is 0.136. The van der Waals surface area contributed by atoms with E-state index in [0.717, 1.165) is 9.87 Å². The summed E-state index contributed by atoms with van der Waals surface area (Å²) in [5, 5.41) is 3.58. The number of halogens is 2. The second-order valence-corrected chi connectivity index (χ2v) is 9.40. The third-order valence-corrected chi connectivity index (χ3v) is 6.90. The molecule has 0 radical (unpaired) electrons. The van der Waals surface area contributed by atoms with Gasteiger partial charge in [0, 0.05) is 18.6 Å². The Labute approximate surface area is 186 Å². The second-order valence-electron chi connectivity index (χ2n) is 6.59. The van der Waals surface area contributed by atoms with Crippen LogP contribution in [0.15, 0.2) is 77.7 Å². The fourth-order valence-electron chi connectivity index (χ4n) is 2.88. The summed E-state index contributed by atoms with van der Waals surface area (Å²) in [6, 6.07) is 20.2. The Morgan fingerprint density at radius 3 is 2.40 bits per heavy atom. The minimum absolute atomic E-state index is 0.0155. The van der Waals surface area contributed by atoms with E-state index in [1.807, 2.05) is 18.2 Å². The number of carbonyl (C=O) groups excluding carboxylic acids is 1. The van der Waals surface area contributed by atoms with Gasteiger partial charge < -0.3 is 5.32 Å². The zero-order valence-electron chi connectivity index (χ0n) is 16.2. The molecule has 0 saturated heterocycles. The van der Waals surface area contributed by atoms with Gasteiger partial charge in [0.05, 0.1) is 21.2 Å². The summed E-state index contributed by atoms with van der Waals surface area (Å²) >= 11 is 12.1. The largest absolute Gasteiger partial charge is 0.352 e. The highest BCUT2D eigenvalue weighted by molar-refractivity contribution is 7.92. The van der Waals surface area contributed by atoms with Crippen LogP contribution in [0.25, 0.3) is 0 Å². The molecule has 0 atom stereocenters. The summed E-state index contributed by atoms with van der Waals surface area (Å²) in [6.07, 6.45) is 0.582. The van der Waals surface area contributed by atoms with Crippen molar-refractivity contribution in [3.05, 3.63) is 94.0 Å². The summed E-state index contributed by atoms with van der Waals surface area (Å²) in [4.78, 5) is 12.6. The Hall–Kier alpha value is -2.54. The minimum Gasteiger partial charge on any atom is -0.352 e. The van der Waals surface area contributed by atoms with E-state index in [9.17, 15) is 13.2 Å². The van der Waals surface area contributed by atoms with Crippen molar-refractivity contribution in [2.45, 2.75) is 11.3 Å². The van der Waals surface area contributed by atoms with E-state index in [1.54, 1.807) is 36.4 Å². The van der Waals surface area contributed by atoms with Gasteiger partial charge in [0.1, 0.15) is 0 Å². The van der Waals surface area contributed by atoms with Gasteiger partial charge in [-0.2, -0.15) is 0 Å². The van der Waals surface area contributed by atoms with Crippen molar-refractivity contribution in [3.8, 4) is 0 Å². The number of hydrogen-bond acceptors (Lipinski definition) is 3. The lowest BCUT2D eigenvalue weighted by atomic mass is 10.1. The first-order chi connectivity index (χ1) is 14.3. The van der Waals surface area contributed by atoms with Crippen LogP contribution in [0.3, 0.4) is 0 Å². The van der Waals surface area contributed by atoms with Gasteiger partial charge >= 0.3 is 0 Å². The lowest BCUT2D eigenvalue weighted by Gasteiger charge is -2.20. The molecule has 1 amide bonds. The number of sulfonamides is 1. The van der Waals surface area contributed by atoms with Crippen molar-refractivity contribution in [2.24, 2.45) is 0 Å². The number of nitrogens with one attached hydrogen (secondary N) is 1. The number of benzene rings is 3. The molecule has 3 rings (SSSR count). The number of para-hydroxylation sites is 1. The van der Waals surface area contributed by atoms with E-state index in [4.69, 9.17) is 23.2 Å². The molecular formula is C22H20Cl2N2O3S. The summed E-state index contributed by atoms with van der Waals surface area (Å²) in [5.41, 5.74) is 1.60. The van der Waals surface area contributed by atoms with Crippen LogP contribution in [0.1, 0.15) is 15.9 Å². The topological polar surface area (TPSA) is 66.5 Å². The molecule has 156 valence electrons. The molecule has 0 saturated carbocycles. The van der Waals surface area contributed by atoms with Crippen molar-refractivity contribution >= 4 is 44.8 Å². The van der Waals surface area contributed by atoms with Crippen LogP contribution in [-0.4, -0.2) is 27.9 Å². The van der Waals surface area contributed by atoms with Gasteiger partial charge in [-0.3, -0.25) is 9.10 Å². The number of nitrogens with zero attached hydrogens (tertiary/aromatic N) is 1. The highest BCUT2D eigenvalue weighted by Gasteiger charge is 2.23. The Bertz CT molecular complexity index is 1150. The molecule has 3 aromatic rings. The molecule has 5 nitrogen and oxygen atoms in total. The number of anilines is 1. The molecule has 0 aliphatic heterocycles. The van der Waals surface area contributed by atoms with Crippen molar-refractivity contribution in [1.82, 2.24) is 5.32 Å². The number of carbonyl (C=O) groups is 1. The molecule has 8 heteroatoms. The van der Waals surface area contributed by atoms with E-state index in [2.05, 4.69) is 5.32 Å². The van der Waals surface area contributed by atoms with Crippen LogP contribution in [0, 0.1) is 0 Å². The summed E-state index contributed by atoms with van der Waals surface area (Å²) in [7, 11) is -2.39. The zero-order chi connectivity index (χ0) is 21.7. The van der Waals surface area contributed by atoms with Crippen molar-refractivity contribution < 1.29 is 13.2 Å². The third kappa shape index (κ3) is 5.14. The summed E-state index contributed by atoms with van der Waals surface area (Å²) < 4.78 is 27.1. The second kappa shape index (κ2) is 9.51. The predicted molar refractivity (Wildman–Crippen MR) is 121 cm³/mol. The molecule has 0 aromatic heterocycles. The van der Waals surface area contributed by atoms with Crippen molar-refractivity contribution in [2.75, 3.05) is 17.9 Å². The highest BCUT2D eigenvalue weighted by atomic mass is 35.5. The molecule has 0 bridgehead atoms. The van der Waals surface area contributed by atoms with Crippen LogP contribution >= 0.6 is 23.2 Å². The standard InChI is InChI=1S/C22H20Cl2N2O3S/c1-26(18-8-3-2-4-9-18)30(28,29)19-10-11-21(24)20(15-19)22(27)25-13-12-16-6-5-7-17(23)14-16/h2-11,14-15H,12-13H2,1H3,(H,25,27). The maximum atomic E-state index is 13.0. The normalized spacial score (nSPS) is 11.2. The molecule has 0 spiro atoms. The number of amides is 1. The van der Waals surface area contributed by atoms with Crippen LogP contribution < -0.4 is 9.62 Å². The zero-order valence-corrected chi connectivity index (χ0v) is 18.5. The van der Waals surface area contributed by atoms with Gasteiger partial charge in [0.2, 0.25) is 0 Å². The van der Waals surface area contributed by atoms with Crippen molar-refractivity contribution in [1.29, 1.82) is 0 Å². The maximum absolute atomic E-state index is 13.0. The minimum atomic E-state index is -3.85. The van der Waals surface area contributed by atoms with Crippen LogP contribution in [-0.2, 0) is 16.4 Å². The Kier molecular flexibility index (Phi) is 7.02. The monoisotopic (exact) mass is 462 g/mol. The molecule has 0 unspecified atom stereocenters. The van der Waals surface area contributed by atoms with E-state index in [1.165, 1.54) is 25.2 Å². The Morgan fingerprint density at radius 1 is 0.967 bits per heavy atom. The number of hydrogen-bond donors (Lipinski definition) is 1. The SMILES string of the molecule is CN(c1ccccc1)S(=O)(=O)c1ccc(Cl)c(C(=O)NCCc2cccc(Cl)c2)c1. The van der Waals surface area contributed by atoms with E-state index < -0.39 is 15.9 Å². The predicted octanol–water partition coefficient (Wildman–Crippen LogP) is 4.79. The number of rotatable bonds is 7. The maximum Gasteiger partial charge on any atom is 0.264 e. The van der Waals surface area contributed by atoms with Gasteiger partial charge in [0.25, 0.3) is 15.9 Å². The Balaban J connectivity index is 1.76. The first-order valence-corrected chi connectivity index (χ1v) is 11.3.